The van der Waals surface area contributed by atoms with Crippen molar-refractivity contribution in [1.29, 1.82) is 0 Å². The molecule has 1 heterocycles. The van der Waals surface area contributed by atoms with E-state index in [4.69, 9.17) is 16.1 Å². The molecular weight excluding hydrogens is 288 g/mol. The van der Waals surface area contributed by atoms with Gasteiger partial charge in [-0.1, -0.05) is 35.0 Å². The molecule has 1 N–H and O–H groups in total. The van der Waals surface area contributed by atoms with E-state index in [0.717, 1.165) is 11.1 Å². The van der Waals surface area contributed by atoms with Gasteiger partial charge in [-0.2, -0.15) is 4.98 Å². The fourth-order valence-electron chi connectivity index (χ4n) is 2.09. The molecule has 0 aliphatic carbocycles. The number of aromatic hydroxyl groups is 1. The highest BCUT2D eigenvalue weighted by molar-refractivity contribution is 6.30. The summed E-state index contributed by atoms with van der Waals surface area (Å²) < 4.78 is 5.22. The maximum atomic E-state index is 9.93. The number of benzene rings is 2. The summed E-state index contributed by atoms with van der Waals surface area (Å²) in [5.41, 5.74) is 2.50. The van der Waals surface area contributed by atoms with E-state index >= 15 is 0 Å². The van der Waals surface area contributed by atoms with Crippen molar-refractivity contribution in [2.45, 2.75) is 13.3 Å². The van der Waals surface area contributed by atoms with E-state index in [2.05, 4.69) is 10.1 Å². The minimum atomic E-state index is 0.132. The third-order valence-corrected chi connectivity index (χ3v) is 3.34. The van der Waals surface area contributed by atoms with Crippen molar-refractivity contribution < 1.29 is 9.63 Å². The Morgan fingerprint density at radius 3 is 2.81 bits per heavy atom. The Morgan fingerprint density at radius 1 is 1.19 bits per heavy atom. The van der Waals surface area contributed by atoms with Gasteiger partial charge < -0.3 is 9.63 Å². The molecule has 2 aromatic carbocycles. The average Bonchev–Trinajstić information content (AvgIpc) is 2.87. The van der Waals surface area contributed by atoms with Gasteiger partial charge in [0.1, 0.15) is 5.75 Å². The largest absolute Gasteiger partial charge is 0.507 e. The average molecular weight is 301 g/mol. The van der Waals surface area contributed by atoms with Crippen LogP contribution >= 0.6 is 11.6 Å². The molecule has 5 heteroatoms. The number of rotatable bonds is 3. The van der Waals surface area contributed by atoms with Crippen molar-refractivity contribution in [2.24, 2.45) is 0 Å². The molecule has 4 nitrogen and oxygen atoms in total. The van der Waals surface area contributed by atoms with Gasteiger partial charge in [-0.25, -0.2) is 0 Å². The molecule has 0 atom stereocenters. The van der Waals surface area contributed by atoms with Crippen molar-refractivity contribution in [3.8, 4) is 17.2 Å². The Hall–Kier alpha value is -2.33. The van der Waals surface area contributed by atoms with E-state index in [9.17, 15) is 5.11 Å². The van der Waals surface area contributed by atoms with Crippen LogP contribution in [0, 0.1) is 6.92 Å². The van der Waals surface area contributed by atoms with Crippen LogP contribution < -0.4 is 0 Å². The zero-order valence-electron chi connectivity index (χ0n) is 11.4. The Balaban J connectivity index is 1.86. The van der Waals surface area contributed by atoms with Crippen molar-refractivity contribution >= 4 is 11.6 Å². The molecule has 3 rings (SSSR count). The quantitative estimate of drug-likeness (QED) is 0.794. The highest BCUT2D eigenvalue weighted by Gasteiger charge is 2.13. The summed E-state index contributed by atoms with van der Waals surface area (Å²) in [4.78, 5) is 4.32. The van der Waals surface area contributed by atoms with E-state index in [1.54, 1.807) is 12.1 Å². The van der Waals surface area contributed by atoms with Crippen LogP contribution in [0.5, 0.6) is 5.75 Å². The monoisotopic (exact) mass is 300 g/mol. The number of hydrogen-bond acceptors (Lipinski definition) is 4. The van der Waals surface area contributed by atoms with E-state index < -0.39 is 0 Å². The van der Waals surface area contributed by atoms with E-state index in [1.807, 2.05) is 37.3 Å². The Bertz CT molecular complexity index is 783. The summed E-state index contributed by atoms with van der Waals surface area (Å²) in [7, 11) is 0. The molecule has 0 radical (unpaired) electrons. The molecule has 0 spiro atoms. The highest BCUT2D eigenvalue weighted by atomic mass is 35.5. The van der Waals surface area contributed by atoms with Crippen LogP contribution in [-0.2, 0) is 6.42 Å². The van der Waals surface area contributed by atoms with Crippen molar-refractivity contribution in [3.05, 3.63) is 64.4 Å². The first kappa shape index (κ1) is 13.6. The second-order valence-electron chi connectivity index (χ2n) is 4.84. The molecule has 21 heavy (non-hydrogen) atoms. The lowest BCUT2D eigenvalue weighted by Gasteiger charge is -2.00. The highest BCUT2D eigenvalue weighted by Crippen LogP contribution is 2.28. The van der Waals surface area contributed by atoms with Crippen molar-refractivity contribution in [1.82, 2.24) is 10.1 Å². The molecule has 0 saturated heterocycles. The summed E-state index contributed by atoms with van der Waals surface area (Å²) in [5, 5.41) is 14.5. The minimum Gasteiger partial charge on any atom is -0.507 e. The standard InChI is InChI=1S/C16H13ClN2O2/c1-10-5-6-13(14(20)7-10)16-18-15(19-21-16)9-11-3-2-4-12(17)8-11/h2-8,20H,9H2,1H3. The van der Waals surface area contributed by atoms with Gasteiger partial charge in [0.15, 0.2) is 5.82 Å². The zero-order valence-corrected chi connectivity index (χ0v) is 12.1. The number of phenolic OH excluding ortho intramolecular Hbond substituents is 1. The number of aromatic nitrogens is 2. The van der Waals surface area contributed by atoms with Gasteiger partial charge in [-0.3, -0.25) is 0 Å². The molecule has 0 fully saturated rings. The predicted molar refractivity (Wildman–Crippen MR) is 80.4 cm³/mol. The molecule has 106 valence electrons. The number of hydrogen-bond donors (Lipinski definition) is 1. The lowest BCUT2D eigenvalue weighted by molar-refractivity contribution is 0.418. The van der Waals surface area contributed by atoms with Crippen LogP contribution in [-0.4, -0.2) is 15.2 Å². The molecule has 0 aliphatic rings. The number of halogens is 1. The first-order valence-electron chi connectivity index (χ1n) is 6.49. The topological polar surface area (TPSA) is 59.2 Å². The lowest BCUT2D eigenvalue weighted by atomic mass is 10.1. The number of nitrogens with zero attached hydrogens (tertiary/aromatic N) is 2. The van der Waals surface area contributed by atoms with Crippen LogP contribution in [0.2, 0.25) is 5.02 Å². The number of phenols is 1. The van der Waals surface area contributed by atoms with Gasteiger partial charge >= 0.3 is 0 Å². The van der Waals surface area contributed by atoms with E-state index in [1.165, 1.54) is 0 Å². The molecule has 0 amide bonds. The second kappa shape index (κ2) is 5.58. The fraction of sp³-hybridized carbons (Fsp3) is 0.125. The van der Waals surface area contributed by atoms with Gasteiger partial charge in [0.05, 0.1) is 5.56 Å². The normalized spacial score (nSPS) is 10.8. The summed E-state index contributed by atoms with van der Waals surface area (Å²) in [6.07, 6.45) is 0.524. The third-order valence-electron chi connectivity index (χ3n) is 3.10. The summed E-state index contributed by atoms with van der Waals surface area (Å²) in [6.45, 7) is 1.90. The number of aryl methyl sites for hydroxylation is 1. The Kier molecular flexibility index (Phi) is 3.62. The fourth-order valence-corrected chi connectivity index (χ4v) is 2.30. The maximum Gasteiger partial charge on any atom is 0.261 e. The first-order chi connectivity index (χ1) is 10.1. The van der Waals surface area contributed by atoms with Crippen LogP contribution in [0.3, 0.4) is 0 Å². The van der Waals surface area contributed by atoms with Gasteiger partial charge in [-0.15, -0.1) is 0 Å². The van der Waals surface area contributed by atoms with Crippen LogP contribution in [0.25, 0.3) is 11.5 Å². The van der Waals surface area contributed by atoms with Crippen LogP contribution in [0.4, 0.5) is 0 Å². The second-order valence-corrected chi connectivity index (χ2v) is 5.28. The Labute approximate surface area is 127 Å². The van der Waals surface area contributed by atoms with E-state index in [-0.39, 0.29) is 5.75 Å². The molecule has 0 aliphatic heterocycles. The smallest absolute Gasteiger partial charge is 0.261 e. The first-order valence-corrected chi connectivity index (χ1v) is 6.86. The summed E-state index contributed by atoms with van der Waals surface area (Å²) in [6, 6.07) is 12.8. The van der Waals surface area contributed by atoms with Crippen molar-refractivity contribution in [3.63, 3.8) is 0 Å². The zero-order chi connectivity index (χ0) is 14.8. The maximum absolute atomic E-state index is 9.93. The van der Waals surface area contributed by atoms with E-state index in [0.29, 0.717) is 28.7 Å². The lowest BCUT2D eigenvalue weighted by Crippen LogP contribution is -1.90. The Morgan fingerprint density at radius 2 is 2.05 bits per heavy atom. The van der Waals surface area contributed by atoms with Crippen LogP contribution in [0.1, 0.15) is 17.0 Å². The van der Waals surface area contributed by atoms with Gasteiger partial charge in [0, 0.05) is 11.4 Å². The summed E-state index contributed by atoms with van der Waals surface area (Å²) in [5.74, 6) is 0.990. The predicted octanol–water partition coefficient (Wildman–Crippen LogP) is 3.99. The minimum absolute atomic E-state index is 0.132. The molecule has 0 saturated carbocycles. The molecule has 1 aromatic heterocycles. The SMILES string of the molecule is Cc1ccc(-c2nc(Cc3cccc(Cl)c3)no2)c(O)c1. The summed E-state index contributed by atoms with van der Waals surface area (Å²) >= 11 is 5.95. The van der Waals surface area contributed by atoms with Gasteiger partial charge in [0.25, 0.3) is 5.89 Å². The van der Waals surface area contributed by atoms with Gasteiger partial charge in [-0.05, 0) is 42.3 Å². The molecule has 3 aromatic rings. The van der Waals surface area contributed by atoms with Gasteiger partial charge in [0.2, 0.25) is 0 Å². The molecule has 0 unspecified atom stereocenters. The molecule has 0 bridgehead atoms. The van der Waals surface area contributed by atoms with Crippen LogP contribution in [0.15, 0.2) is 47.0 Å². The molecular formula is C16H13ClN2O2. The third kappa shape index (κ3) is 3.06. The van der Waals surface area contributed by atoms with Crippen molar-refractivity contribution in [2.75, 3.05) is 0 Å².